The van der Waals surface area contributed by atoms with Crippen molar-refractivity contribution in [3.8, 4) is 0 Å². The molecule has 3 heteroatoms. The predicted molar refractivity (Wildman–Crippen MR) is 72.2 cm³/mol. The zero-order valence-electron chi connectivity index (χ0n) is 10.2. The van der Waals surface area contributed by atoms with Gasteiger partial charge in [0.05, 0.1) is 0 Å². The van der Waals surface area contributed by atoms with Gasteiger partial charge >= 0.3 is 0 Å². The third-order valence-electron chi connectivity index (χ3n) is 3.88. The molecule has 2 rings (SSSR count). The van der Waals surface area contributed by atoms with Crippen molar-refractivity contribution in [3.63, 3.8) is 0 Å². The van der Waals surface area contributed by atoms with Crippen LogP contribution in [-0.4, -0.2) is 37.6 Å². The van der Waals surface area contributed by atoms with Gasteiger partial charge in [0.1, 0.15) is 0 Å². The molecular formula is C13H25ClN2. The van der Waals surface area contributed by atoms with Crippen LogP contribution in [-0.2, 0) is 0 Å². The van der Waals surface area contributed by atoms with Gasteiger partial charge in [-0.25, -0.2) is 0 Å². The number of hydrogen-bond acceptors (Lipinski definition) is 2. The Morgan fingerprint density at radius 1 is 1.25 bits per heavy atom. The zero-order valence-corrected chi connectivity index (χ0v) is 11.0. The van der Waals surface area contributed by atoms with Crippen LogP contribution in [0.3, 0.4) is 0 Å². The molecule has 0 aliphatic carbocycles. The van der Waals surface area contributed by atoms with Crippen LogP contribution in [0.2, 0.25) is 0 Å². The maximum atomic E-state index is 3.90. The normalized spacial score (nSPS) is 28.4. The minimum atomic E-state index is 0. The standard InChI is InChI=1S/C13H24N2.ClH/c1-2-12-5-8-15(9-6-12)11-13-4-3-7-14-10-13;/h2,12-14H,1,3-11H2;1H. The number of rotatable bonds is 3. The van der Waals surface area contributed by atoms with E-state index in [0.717, 1.165) is 11.8 Å². The van der Waals surface area contributed by atoms with E-state index in [2.05, 4.69) is 22.9 Å². The van der Waals surface area contributed by atoms with Crippen LogP contribution in [0.1, 0.15) is 25.7 Å². The first-order chi connectivity index (χ1) is 7.38. The Morgan fingerprint density at radius 3 is 2.56 bits per heavy atom. The third kappa shape index (κ3) is 4.08. The minimum Gasteiger partial charge on any atom is -0.316 e. The van der Waals surface area contributed by atoms with Gasteiger partial charge in [0.25, 0.3) is 0 Å². The fourth-order valence-electron chi connectivity index (χ4n) is 2.82. The van der Waals surface area contributed by atoms with Crippen LogP contribution in [0, 0.1) is 11.8 Å². The van der Waals surface area contributed by atoms with Gasteiger partial charge in [-0.3, -0.25) is 0 Å². The van der Waals surface area contributed by atoms with Crippen LogP contribution >= 0.6 is 12.4 Å². The molecular weight excluding hydrogens is 220 g/mol. The molecule has 0 spiro atoms. The maximum absolute atomic E-state index is 3.90. The van der Waals surface area contributed by atoms with E-state index in [9.17, 15) is 0 Å². The summed E-state index contributed by atoms with van der Waals surface area (Å²) in [6.07, 6.45) is 7.58. The molecule has 1 unspecified atom stereocenters. The number of halogens is 1. The van der Waals surface area contributed by atoms with E-state index in [1.807, 2.05) is 0 Å². The SMILES string of the molecule is C=CC1CCN(CC2CCCNC2)CC1.Cl. The van der Waals surface area contributed by atoms with E-state index in [4.69, 9.17) is 0 Å². The highest BCUT2D eigenvalue weighted by atomic mass is 35.5. The van der Waals surface area contributed by atoms with Crippen molar-refractivity contribution in [1.29, 1.82) is 0 Å². The molecule has 2 aliphatic rings. The fourth-order valence-corrected chi connectivity index (χ4v) is 2.82. The van der Waals surface area contributed by atoms with E-state index in [1.165, 1.54) is 58.4 Å². The van der Waals surface area contributed by atoms with Crippen molar-refractivity contribution in [1.82, 2.24) is 10.2 Å². The highest BCUT2D eigenvalue weighted by Crippen LogP contribution is 2.20. The molecule has 0 aromatic heterocycles. The molecule has 0 saturated carbocycles. The Morgan fingerprint density at radius 2 is 2.00 bits per heavy atom. The van der Waals surface area contributed by atoms with Crippen molar-refractivity contribution < 1.29 is 0 Å². The van der Waals surface area contributed by atoms with Crippen molar-refractivity contribution in [2.24, 2.45) is 11.8 Å². The van der Waals surface area contributed by atoms with Gasteiger partial charge < -0.3 is 10.2 Å². The summed E-state index contributed by atoms with van der Waals surface area (Å²) in [5, 5.41) is 3.50. The summed E-state index contributed by atoms with van der Waals surface area (Å²) in [7, 11) is 0. The van der Waals surface area contributed by atoms with Gasteiger partial charge in [-0.2, -0.15) is 0 Å². The molecule has 2 nitrogen and oxygen atoms in total. The number of hydrogen-bond donors (Lipinski definition) is 1. The first-order valence-corrected chi connectivity index (χ1v) is 6.44. The van der Waals surface area contributed by atoms with Gasteiger partial charge in [-0.15, -0.1) is 19.0 Å². The van der Waals surface area contributed by atoms with Crippen LogP contribution in [0.15, 0.2) is 12.7 Å². The average molecular weight is 245 g/mol. The minimum absolute atomic E-state index is 0. The van der Waals surface area contributed by atoms with Crippen LogP contribution in [0.5, 0.6) is 0 Å². The summed E-state index contributed by atoms with van der Waals surface area (Å²) in [6.45, 7) is 10.3. The molecule has 1 atom stereocenters. The van der Waals surface area contributed by atoms with Crippen LogP contribution in [0.25, 0.3) is 0 Å². The summed E-state index contributed by atoms with van der Waals surface area (Å²) in [5.74, 6) is 1.68. The van der Waals surface area contributed by atoms with Crippen molar-refractivity contribution in [2.45, 2.75) is 25.7 Å². The summed E-state index contributed by atoms with van der Waals surface area (Å²) in [5.41, 5.74) is 0. The summed E-state index contributed by atoms with van der Waals surface area (Å²) < 4.78 is 0. The second-order valence-electron chi connectivity index (χ2n) is 5.09. The van der Waals surface area contributed by atoms with Gasteiger partial charge in [-0.05, 0) is 63.7 Å². The molecule has 2 heterocycles. The first kappa shape index (κ1) is 14.0. The zero-order chi connectivity index (χ0) is 10.5. The predicted octanol–water partition coefficient (Wildman–Crippen LogP) is 2.31. The number of piperidine rings is 2. The van der Waals surface area contributed by atoms with E-state index in [1.54, 1.807) is 0 Å². The Bertz CT molecular complexity index is 194. The summed E-state index contributed by atoms with van der Waals surface area (Å²) >= 11 is 0. The lowest BCUT2D eigenvalue weighted by atomic mass is 9.94. The number of nitrogens with one attached hydrogen (secondary N) is 1. The van der Waals surface area contributed by atoms with E-state index in [0.29, 0.717) is 0 Å². The topological polar surface area (TPSA) is 15.3 Å². The first-order valence-electron chi connectivity index (χ1n) is 6.44. The van der Waals surface area contributed by atoms with Gasteiger partial charge in [0.15, 0.2) is 0 Å². The lowest BCUT2D eigenvalue weighted by molar-refractivity contribution is 0.163. The van der Waals surface area contributed by atoms with Crippen LogP contribution in [0.4, 0.5) is 0 Å². The molecule has 94 valence electrons. The van der Waals surface area contributed by atoms with E-state index >= 15 is 0 Å². The summed E-state index contributed by atoms with van der Waals surface area (Å²) in [6, 6.07) is 0. The monoisotopic (exact) mass is 244 g/mol. The van der Waals surface area contributed by atoms with Crippen molar-refractivity contribution in [2.75, 3.05) is 32.7 Å². The second kappa shape index (κ2) is 7.31. The molecule has 0 amide bonds. The van der Waals surface area contributed by atoms with E-state index < -0.39 is 0 Å². The molecule has 0 bridgehead atoms. The quantitative estimate of drug-likeness (QED) is 0.767. The Labute approximate surface area is 106 Å². The fraction of sp³-hybridized carbons (Fsp3) is 0.846. The number of likely N-dealkylation sites (tertiary alicyclic amines) is 1. The Hall–Kier alpha value is -0.0500. The third-order valence-corrected chi connectivity index (χ3v) is 3.88. The van der Waals surface area contributed by atoms with Crippen molar-refractivity contribution >= 4 is 12.4 Å². The highest BCUT2D eigenvalue weighted by molar-refractivity contribution is 5.85. The maximum Gasteiger partial charge on any atom is 0.00218 e. The largest absolute Gasteiger partial charge is 0.316 e. The molecule has 0 radical (unpaired) electrons. The summed E-state index contributed by atoms with van der Waals surface area (Å²) in [4.78, 5) is 2.65. The van der Waals surface area contributed by atoms with Crippen molar-refractivity contribution in [3.05, 3.63) is 12.7 Å². The van der Waals surface area contributed by atoms with E-state index in [-0.39, 0.29) is 12.4 Å². The molecule has 16 heavy (non-hydrogen) atoms. The van der Waals surface area contributed by atoms with Gasteiger partial charge in [0.2, 0.25) is 0 Å². The van der Waals surface area contributed by atoms with Crippen LogP contribution < -0.4 is 5.32 Å². The number of nitrogens with zero attached hydrogens (tertiary/aromatic N) is 1. The molecule has 0 aromatic rings. The smallest absolute Gasteiger partial charge is 0.00218 e. The highest BCUT2D eigenvalue weighted by Gasteiger charge is 2.21. The lowest BCUT2D eigenvalue weighted by Crippen LogP contribution is -2.41. The van der Waals surface area contributed by atoms with Gasteiger partial charge in [0, 0.05) is 6.54 Å². The molecule has 0 aromatic carbocycles. The molecule has 2 aliphatic heterocycles. The average Bonchev–Trinajstić information content (AvgIpc) is 2.31. The number of allylic oxidation sites excluding steroid dienone is 1. The molecule has 2 saturated heterocycles. The lowest BCUT2D eigenvalue weighted by Gasteiger charge is -2.34. The second-order valence-corrected chi connectivity index (χ2v) is 5.09. The molecule has 2 fully saturated rings. The Balaban J connectivity index is 0.00000128. The molecule has 1 N–H and O–H groups in total. The Kier molecular flexibility index (Phi) is 6.40. The van der Waals surface area contributed by atoms with Gasteiger partial charge in [-0.1, -0.05) is 6.08 Å².